The van der Waals surface area contributed by atoms with Crippen LogP contribution in [0.4, 0.5) is 0 Å². The predicted molar refractivity (Wildman–Crippen MR) is 73.7 cm³/mol. The van der Waals surface area contributed by atoms with Crippen molar-refractivity contribution in [1.29, 1.82) is 0 Å². The Morgan fingerprint density at radius 3 is 2.68 bits per heavy atom. The highest BCUT2D eigenvalue weighted by atomic mass is 16.2. The van der Waals surface area contributed by atoms with Crippen LogP contribution in [-0.2, 0) is 4.79 Å². The SMILES string of the molecule is CC(C)N(CC(N)=O)C(=O)c1cccc2[nH]ccc12. The average molecular weight is 259 g/mol. The van der Waals surface area contributed by atoms with E-state index in [1.165, 1.54) is 4.90 Å². The van der Waals surface area contributed by atoms with Gasteiger partial charge in [-0.1, -0.05) is 6.07 Å². The minimum atomic E-state index is -0.511. The molecule has 0 aliphatic carbocycles. The number of carbonyl (C=O) groups is 2. The summed E-state index contributed by atoms with van der Waals surface area (Å²) in [5.41, 5.74) is 6.68. The molecule has 0 aliphatic heterocycles. The minimum Gasteiger partial charge on any atom is -0.368 e. The molecule has 0 fully saturated rings. The molecule has 19 heavy (non-hydrogen) atoms. The fourth-order valence-corrected chi connectivity index (χ4v) is 2.08. The van der Waals surface area contributed by atoms with Gasteiger partial charge in [0.05, 0.1) is 6.54 Å². The van der Waals surface area contributed by atoms with E-state index in [0.29, 0.717) is 5.56 Å². The van der Waals surface area contributed by atoms with Crippen molar-refractivity contribution >= 4 is 22.7 Å². The van der Waals surface area contributed by atoms with Crippen LogP contribution in [-0.4, -0.2) is 34.3 Å². The standard InChI is InChI=1S/C14H17N3O2/c1-9(2)17(8-13(15)18)14(19)11-4-3-5-12-10(11)6-7-16-12/h3-7,9,16H,8H2,1-2H3,(H2,15,18). The number of aromatic amines is 1. The number of fused-ring (bicyclic) bond motifs is 1. The average Bonchev–Trinajstić information content (AvgIpc) is 2.82. The fourth-order valence-electron chi connectivity index (χ4n) is 2.08. The molecule has 100 valence electrons. The van der Waals surface area contributed by atoms with Crippen molar-refractivity contribution in [3.63, 3.8) is 0 Å². The molecular formula is C14H17N3O2. The van der Waals surface area contributed by atoms with E-state index in [2.05, 4.69) is 4.98 Å². The number of hydrogen-bond donors (Lipinski definition) is 2. The van der Waals surface area contributed by atoms with E-state index in [-0.39, 0.29) is 18.5 Å². The zero-order valence-corrected chi connectivity index (χ0v) is 11.0. The zero-order valence-electron chi connectivity index (χ0n) is 11.0. The number of nitrogens with two attached hydrogens (primary N) is 1. The molecule has 2 amide bonds. The Balaban J connectivity index is 2.41. The Morgan fingerprint density at radius 2 is 2.05 bits per heavy atom. The summed E-state index contributed by atoms with van der Waals surface area (Å²) in [6, 6.07) is 7.24. The van der Waals surface area contributed by atoms with Crippen LogP contribution in [0.3, 0.4) is 0 Å². The summed E-state index contributed by atoms with van der Waals surface area (Å²) in [4.78, 5) is 28.2. The van der Waals surface area contributed by atoms with Crippen molar-refractivity contribution < 1.29 is 9.59 Å². The molecule has 0 saturated heterocycles. The monoisotopic (exact) mass is 259 g/mol. The van der Waals surface area contributed by atoms with E-state index in [9.17, 15) is 9.59 Å². The van der Waals surface area contributed by atoms with Gasteiger partial charge in [0, 0.05) is 28.7 Å². The van der Waals surface area contributed by atoms with Crippen LogP contribution in [0.5, 0.6) is 0 Å². The lowest BCUT2D eigenvalue weighted by Gasteiger charge is -2.25. The van der Waals surface area contributed by atoms with Crippen molar-refractivity contribution in [1.82, 2.24) is 9.88 Å². The number of H-pyrrole nitrogens is 1. The molecule has 2 rings (SSSR count). The van der Waals surface area contributed by atoms with Gasteiger partial charge in [0.15, 0.2) is 0 Å². The molecule has 0 spiro atoms. The highest BCUT2D eigenvalue weighted by Gasteiger charge is 2.22. The maximum absolute atomic E-state index is 12.5. The van der Waals surface area contributed by atoms with Crippen LogP contribution >= 0.6 is 0 Å². The van der Waals surface area contributed by atoms with E-state index >= 15 is 0 Å². The third-order valence-electron chi connectivity index (χ3n) is 3.04. The largest absolute Gasteiger partial charge is 0.368 e. The van der Waals surface area contributed by atoms with Crippen LogP contribution in [0.2, 0.25) is 0 Å². The lowest BCUT2D eigenvalue weighted by Crippen LogP contribution is -2.42. The molecule has 0 radical (unpaired) electrons. The number of benzene rings is 1. The Hall–Kier alpha value is -2.30. The smallest absolute Gasteiger partial charge is 0.255 e. The molecule has 1 heterocycles. The van der Waals surface area contributed by atoms with Gasteiger partial charge in [0.2, 0.25) is 5.91 Å². The Bertz CT molecular complexity index is 616. The number of aromatic nitrogens is 1. The molecule has 0 aliphatic rings. The Morgan fingerprint density at radius 1 is 1.32 bits per heavy atom. The van der Waals surface area contributed by atoms with Gasteiger partial charge in [0.1, 0.15) is 0 Å². The molecular weight excluding hydrogens is 242 g/mol. The first-order valence-electron chi connectivity index (χ1n) is 6.16. The molecule has 0 saturated carbocycles. The van der Waals surface area contributed by atoms with Crippen LogP contribution in [0.25, 0.3) is 10.9 Å². The molecule has 5 heteroatoms. The number of hydrogen-bond acceptors (Lipinski definition) is 2. The van der Waals surface area contributed by atoms with Gasteiger partial charge in [-0.2, -0.15) is 0 Å². The molecule has 5 nitrogen and oxygen atoms in total. The van der Waals surface area contributed by atoms with E-state index in [0.717, 1.165) is 10.9 Å². The fraction of sp³-hybridized carbons (Fsp3) is 0.286. The first kappa shape index (κ1) is 13.1. The molecule has 0 unspecified atom stereocenters. The Labute approximate surface area is 111 Å². The van der Waals surface area contributed by atoms with Gasteiger partial charge < -0.3 is 15.6 Å². The van der Waals surface area contributed by atoms with E-state index < -0.39 is 5.91 Å². The lowest BCUT2D eigenvalue weighted by molar-refractivity contribution is -0.119. The lowest BCUT2D eigenvalue weighted by atomic mass is 10.1. The van der Waals surface area contributed by atoms with Gasteiger partial charge in [-0.25, -0.2) is 0 Å². The second-order valence-electron chi connectivity index (χ2n) is 4.74. The van der Waals surface area contributed by atoms with Crippen molar-refractivity contribution in [2.75, 3.05) is 6.54 Å². The van der Waals surface area contributed by atoms with Crippen LogP contribution in [0.1, 0.15) is 24.2 Å². The predicted octanol–water partition coefficient (Wildman–Crippen LogP) is 1.50. The summed E-state index contributed by atoms with van der Waals surface area (Å²) >= 11 is 0. The van der Waals surface area contributed by atoms with Crippen molar-refractivity contribution in [2.24, 2.45) is 5.73 Å². The van der Waals surface area contributed by atoms with Gasteiger partial charge in [-0.3, -0.25) is 9.59 Å². The van der Waals surface area contributed by atoms with E-state index in [1.807, 2.05) is 32.0 Å². The molecule has 2 aromatic rings. The number of rotatable bonds is 4. The Kier molecular flexibility index (Phi) is 3.55. The second-order valence-corrected chi connectivity index (χ2v) is 4.74. The summed E-state index contributed by atoms with van der Waals surface area (Å²) in [5, 5.41) is 0.850. The molecule has 1 aromatic carbocycles. The number of nitrogens with zero attached hydrogens (tertiary/aromatic N) is 1. The topological polar surface area (TPSA) is 79.2 Å². The molecule has 0 bridgehead atoms. The molecule has 0 atom stereocenters. The number of nitrogens with one attached hydrogen (secondary N) is 1. The quantitative estimate of drug-likeness (QED) is 0.872. The first-order valence-corrected chi connectivity index (χ1v) is 6.16. The first-order chi connectivity index (χ1) is 9.00. The van der Waals surface area contributed by atoms with Gasteiger partial charge in [-0.05, 0) is 32.0 Å². The van der Waals surface area contributed by atoms with Crippen LogP contribution < -0.4 is 5.73 Å². The summed E-state index contributed by atoms with van der Waals surface area (Å²) in [6.45, 7) is 3.65. The van der Waals surface area contributed by atoms with Crippen molar-refractivity contribution in [2.45, 2.75) is 19.9 Å². The number of primary amides is 1. The number of amides is 2. The maximum atomic E-state index is 12.5. The highest BCUT2D eigenvalue weighted by molar-refractivity contribution is 6.07. The third kappa shape index (κ3) is 2.59. The van der Waals surface area contributed by atoms with Gasteiger partial charge in [-0.15, -0.1) is 0 Å². The van der Waals surface area contributed by atoms with Crippen LogP contribution in [0.15, 0.2) is 30.5 Å². The molecule has 1 aromatic heterocycles. The summed E-state index contributed by atoms with van der Waals surface area (Å²) in [5.74, 6) is -0.692. The van der Waals surface area contributed by atoms with Crippen LogP contribution in [0, 0.1) is 0 Å². The van der Waals surface area contributed by atoms with Crippen molar-refractivity contribution in [3.8, 4) is 0 Å². The third-order valence-corrected chi connectivity index (χ3v) is 3.04. The summed E-state index contributed by atoms with van der Waals surface area (Å²) in [6.07, 6.45) is 1.79. The van der Waals surface area contributed by atoms with Gasteiger partial charge in [0.25, 0.3) is 5.91 Å². The zero-order chi connectivity index (χ0) is 14.0. The summed E-state index contributed by atoms with van der Waals surface area (Å²) in [7, 11) is 0. The number of carbonyl (C=O) groups excluding carboxylic acids is 2. The molecule has 3 N–H and O–H groups in total. The van der Waals surface area contributed by atoms with E-state index in [4.69, 9.17) is 5.73 Å². The second kappa shape index (κ2) is 5.14. The van der Waals surface area contributed by atoms with E-state index in [1.54, 1.807) is 12.3 Å². The summed E-state index contributed by atoms with van der Waals surface area (Å²) < 4.78 is 0. The van der Waals surface area contributed by atoms with Gasteiger partial charge >= 0.3 is 0 Å². The van der Waals surface area contributed by atoms with Crippen molar-refractivity contribution in [3.05, 3.63) is 36.0 Å². The maximum Gasteiger partial charge on any atom is 0.255 e. The minimum absolute atomic E-state index is 0.0721. The normalized spacial score (nSPS) is 10.9. The highest BCUT2D eigenvalue weighted by Crippen LogP contribution is 2.19.